The standard InChI is InChI=1S/C20H22BrCl2N3O2/c1-3-8-26(11-19(27)24-17-7-4-13(2)9-15(17)21)12-20(28)25-18-10-14(22)5-6-16(18)23/h4-7,9-10H,3,8,11-12H2,1-2H3,(H,24,27)(H,25,28). The monoisotopic (exact) mass is 485 g/mol. The number of halogens is 3. The molecule has 0 aliphatic carbocycles. The minimum Gasteiger partial charge on any atom is -0.324 e. The van der Waals surface area contributed by atoms with E-state index in [4.69, 9.17) is 23.2 Å². The molecule has 0 spiro atoms. The highest BCUT2D eigenvalue weighted by Crippen LogP contribution is 2.25. The number of hydrogen-bond acceptors (Lipinski definition) is 3. The Kier molecular flexibility index (Phi) is 8.76. The lowest BCUT2D eigenvalue weighted by Crippen LogP contribution is -2.39. The summed E-state index contributed by atoms with van der Waals surface area (Å²) < 4.78 is 0.816. The first-order valence-corrected chi connectivity index (χ1v) is 10.4. The number of rotatable bonds is 8. The molecule has 0 fully saturated rings. The molecule has 0 atom stereocenters. The number of nitrogens with one attached hydrogen (secondary N) is 2. The Balaban J connectivity index is 1.97. The van der Waals surface area contributed by atoms with Gasteiger partial charge >= 0.3 is 0 Å². The number of nitrogens with zero attached hydrogens (tertiary/aromatic N) is 1. The van der Waals surface area contributed by atoms with Gasteiger partial charge in [-0.25, -0.2) is 0 Å². The number of hydrogen-bond donors (Lipinski definition) is 2. The van der Waals surface area contributed by atoms with Gasteiger partial charge in [0.1, 0.15) is 0 Å². The smallest absolute Gasteiger partial charge is 0.238 e. The minimum atomic E-state index is -0.262. The molecule has 0 radical (unpaired) electrons. The van der Waals surface area contributed by atoms with E-state index in [2.05, 4.69) is 26.6 Å². The molecule has 150 valence electrons. The van der Waals surface area contributed by atoms with Crippen molar-refractivity contribution in [3.05, 3.63) is 56.5 Å². The topological polar surface area (TPSA) is 61.4 Å². The highest BCUT2D eigenvalue weighted by Gasteiger charge is 2.16. The summed E-state index contributed by atoms with van der Waals surface area (Å²) >= 11 is 15.5. The molecular formula is C20H22BrCl2N3O2. The van der Waals surface area contributed by atoms with Crippen LogP contribution in [-0.4, -0.2) is 36.3 Å². The zero-order chi connectivity index (χ0) is 20.7. The summed E-state index contributed by atoms with van der Waals surface area (Å²) in [5, 5.41) is 6.49. The third-order valence-corrected chi connectivity index (χ3v) is 5.10. The normalized spacial score (nSPS) is 10.8. The SMILES string of the molecule is CCCN(CC(=O)Nc1cc(Cl)ccc1Cl)CC(=O)Nc1ccc(C)cc1Br. The van der Waals surface area contributed by atoms with Crippen LogP contribution in [0.5, 0.6) is 0 Å². The number of anilines is 2. The van der Waals surface area contributed by atoms with Crippen molar-refractivity contribution in [2.75, 3.05) is 30.3 Å². The molecule has 0 aliphatic heterocycles. The lowest BCUT2D eigenvalue weighted by Gasteiger charge is -2.21. The van der Waals surface area contributed by atoms with Gasteiger partial charge in [-0.05, 0) is 71.7 Å². The summed E-state index contributed by atoms with van der Waals surface area (Å²) in [6.45, 7) is 4.75. The molecule has 0 aromatic heterocycles. The molecule has 8 heteroatoms. The van der Waals surface area contributed by atoms with Gasteiger partial charge in [-0.15, -0.1) is 0 Å². The Morgan fingerprint density at radius 1 is 1.00 bits per heavy atom. The lowest BCUT2D eigenvalue weighted by molar-refractivity contribution is -0.120. The molecule has 0 aliphatic rings. The number of amides is 2. The largest absolute Gasteiger partial charge is 0.324 e. The fourth-order valence-electron chi connectivity index (χ4n) is 2.63. The fraction of sp³-hybridized carbons (Fsp3) is 0.300. The Hall–Kier alpha value is -1.60. The summed E-state index contributed by atoms with van der Waals surface area (Å²) in [6, 6.07) is 10.6. The van der Waals surface area contributed by atoms with Gasteiger partial charge in [0, 0.05) is 9.50 Å². The predicted octanol–water partition coefficient (Wildman–Crippen LogP) is 5.35. The van der Waals surface area contributed by atoms with Crippen molar-refractivity contribution in [2.45, 2.75) is 20.3 Å². The van der Waals surface area contributed by atoms with Crippen LogP contribution in [0.25, 0.3) is 0 Å². The van der Waals surface area contributed by atoms with E-state index >= 15 is 0 Å². The van der Waals surface area contributed by atoms with Crippen LogP contribution in [0.4, 0.5) is 11.4 Å². The van der Waals surface area contributed by atoms with E-state index in [1.165, 1.54) is 0 Å². The first-order chi connectivity index (χ1) is 13.3. The van der Waals surface area contributed by atoms with Crippen molar-refractivity contribution >= 4 is 62.3 Å². The van der Waals surface area contributed by atoms with Crippen LogP contribution in [-0.2, 0) is 9.59 Å². The molecule has 2 amide bonds. The van der Waals surface area contributed by atoms with Gasteiger partial charge in [0.15, 0.2) is 0 Å². The third-order valence-electron chi connectivity index (χ3n) is 3.88. The van der Waals surface area contributed by atoms with Crippen LogP contribution in [0, 0.1) is 6.92 Å². The molecule has 2 aromatic carbocycles. The van der Waals surface area contributed by atoms with Crippen LogP contribution in [0.15, 0.2) is 40.9 Å². The van der Waals surface area contributed by atoms with Gasteiger partial charge in [-0.1, -0.05) is 36.2 Å². The second kappa shape index (κ2) is 10.8. The van der Waals surface area contributed by atoms with E-state index in [1.54, 1.807) is 23.1 Å². The molecule has 2 rings (SSSR count). The molecule has 0 unspecified atom stereocenters. The second-order valence-corrected chi connectivity index (χ2v) is 8.11. The maximum Gasteiger partial charge on any atom is 0.238 e. The number of carbonyl (C=O) groups excluding carboxylic acids is 2. The maximum absolute atomic E-state index is 12.4. The Morgan fingerprint density at radius 3 is 2.25 bits per heavy atom. The number of carbonyl (C=O) groups is 2. The van der Waals surface area contributed by atoms with Crippen LogP contribution < -0.4 is 10.6 Å². The lowest BCUT2D eigenvalue weighted by atomic mass is 10.2. The highest BCUT2D eigenvalue weighted by molar-refractivity contribution is 9.10. The molecule has 2 aromatic rings. The van der Waals surface area contributed by atoms with Crippen molar-refractivity contribution in [2.24, 2.45) is 0 Å². The number of aryl methyl sites for hydroxylation is 1. The Labute approximate surface area is 183 Å². The van der Waals surface area contributed by atoms with Crippen LogP contribution in [0.2, 0.25) is 10.0 Å². The first-order valence-electron chi connectivity index (χ1n) is 8.81. The Morgan fingerprint density at radius 2 is 1.64 bits per heavy atom. The van der Waals surface area contributed by atoms with Gasteiger partial charge in [0.25, 0.3) is 0 Å². The molecule has 5 nitrogen and oxygen atoms in total. The average Bonchev–Trinajstić information content (AvgIpc) is 2.60. The summed E-state index contributed by atoms with van der Waals surface area (Å²) in [5.74, 6) is -0.450. The van der Waals surface area contributed by atoms with Gasteiger partial charge in [0.2, 0.25) is 11.8 Å². The van der Waals surface area contributed by atoms with Crippen molar-refractivity contribution < 1.29 is 9.59 Å². The van der Waals surface area contributed by atoms with Gasteiger partial charge in [-0.2, -0.15) is 0 Å². The Bertz CT molecular complexity index is 861. The summed E-state index contributed by atoms with van der Waals surface area (Å²) in [4.78, 5) is 26.6. The predicted molar refractivity (Wildman–Crippen MR) is 119 cm³/mol. The van der Waals surface area contributed by atoms with Gasteiger partial charge < -0.3 is 10.6 Å². The third kappa shape index (κ3) is 7.09. The molecule has 0 saturated carbocycles. The van der Waals surface area contributed by atoms with E-state index in [-0.39, 0.29) is 24.9 Å². The quantitative estimate of drug-likeness (QED) is 0.528. The summed E-state index contributed by atoms with van der Waals surface area (Å²) in [5.41, 5.74) is 2.24. The summed E-state index contributed by atoms with van der Waals surface area (Å²) in [6.07, 6.45) is 0.812. The van der Waals surface area contributed by atoms with Crippen LogP contribution in [0.3, 0.4) is 0 Å². The molecule has 0 saturated heterocycles. The van der Waals surface area contributed by atoms with Gasteiger partial charge in [-0.3, -0.25) is 14.5 Å². The highest BCUT2D eigenvalue weighted by atomic mass is 79.9. The van der Waals surface area contributed by atoms with E-state index in [0.29, 0.717) is 28.0 Å². The van der Waals surface area contributed by atoms with Crippen molar-refractivity contribution in [3.8, 4) is 0 Å². The number of benzene rings is 2. The molecule has 0 heterocycles. The maximum atomic E-state index is 12.4. The second-order valence-electron chi connectivity index (χ2n) is 6.41. The van der Waals surface area contributed by atoms with Crippen LogP contribution >= 0.6 is 39.1 Å². The van der Waals surface area contributed by atoms with Crippen molar-refractivity contribution in [3.63, 3.8) is 0 Å². The zero-order valence-electron chi connectivity index (χ0n) is 15.7. The van der Waals surface area contributed by atoms with E-state index in [1.807, 2.05) is 32.0 Å². The van der Waals surface area contributed by atoms with E-state index < -0.39 is 0 Å². The van der Waals surface area contributed by atoms with Crippen LogP contribution in [0.1, 0.15) is 18.9 Å². The first kappa shape index (κ1) is 22.7. The molecule has 0 bridgehead atoms. The zero-order valence-corrected chi connectivity index (χ0v) is 18.8. The fourth-order valence-corrected chi connectivity index (χ4v) is 3.56. The summed E-state index contributed by atoms with van der Waals surface area (Å²) in [7, 11) is 0. The minimum absolute atomic E-state index is 0.0686. The molecule has 28 heavy (non-hydrogen) atoms. The van der Waals surface area contributed by atoms with E-state index in [9.17, 15) is 9.59 Å². The molecular weight excluding hydrogens is 465 g/mol. The van der Waals surface area contributed by atoms with Crippen molar-refractivity contribution in [1.82, 2.24) is 4.90 Å². The average molecular weight is 487 g/mol. The van der Waals surface area contributed by atoms with Gasteiger partial charge in [0.05, 0.1) is 29.5 Å². The van der Waals surface area contributed by atoms with Crippen molar-refractivity contribution in [1.29, 1.82) is 0 Å². The molecule has 2 N–H and O–H groups in total. The van der Waals surface area contributed by atoms with E-state index in [0.717, 1.165) is 16.5 Å².